The zero-order chi connectivity index (χ0) is 26.2. The van der Waals surface area contributed by atoms with Gasteiger partial charge in [-0.25, -0.2) is 0 Å². The maximum Gasteiger partial charge on any atom is 0.239 e. The Balaban J connectivity index is 1.17. The molecule has 1 aromatic carbocycles. The number of carbonyl (C=O) groups is 1. The number of likely N-dealkylation sites (N-methyl/N-ethyl adjacent to an activating group) is 1. The highest BCUT2D eigenvalue weighted by atomic mass is 16.2. The lowest BCUT2D eigenvalue weighted by atomic mass is 9.45. The molecule has 4 nitrogen and oxygen atoms in total. The van der Waals surface area contributed by atoms with Gasteiger partial charge in [-0.1, -0.05) is 55.8 Å². The molecule has 6 rings (SSSR count). The van der Waals surface area contributed by atoms with Crippen LogP contribution < -0.4 is 5.73 Å². The summed E-state index contributed by atoms with van der Waals surface area (Å²) in [5, 5.41) is 0. The van der Waals surface area contributed by atoms with Crippen molar-refractivity contribution in [2.45, 2.75) is 96.7 Å². The van der Waals surface area contributed by atoms with Gasteiger partial charge in [0.05, 0.1) is 6.04 Å². The van der Waals surface area contributed by atoms with E-state index in [-0.39, 0.29) is 11.9 Å². The molecule has 4 heteroatoms. The number of nitrogens with zero attached hydrogens (tertiary/aromatic N) is 2. The Morgan fingerprint density at radius 3 is 2.59 bits per heavy atom. The molecule has 4 fully saturated rings. The van der Waals surface area contributed by atoms with E-state index in [2.05, 4.69) is 50.9 Å². The molecule has 1 amide bonds. The van der Waals surface area contributed by atoms with Crippen molar-refractivity contribution < 1.29 is 4.79 Å². The zero-order valence-corrected chi connectivity index (χ0v) is 23.9. The van der Waals surface area contributed by atoms with Crippen LogP contribution in [0.3, 0.4) is 0 Å². The summed E-state index contributed by atoms with van der Waals surface area (Å²) < 4.78 is 0. The largest absolute Gasteiger partial charge is 0.341 e. The number of allylic oxidation sites excluding steroid dienone is 1. The van der Waals surface area contributed by atoms with Gasteiger partial charge < -0.3 is 15.5 Å². The highest BCUT2D eigenvalue weighted by Crippen LogP contribution is 2.72. The monoisotopic (exact) mass is 503 g/mol. The summed E-state index contributed by atoms with van der Waals surface area (Å²) in [5.41, 5.74) is 10.5. The van der Waals surface area contributed by atoms with Gasteiger partial charge in [0.1, 0.15) is 0 Å². The molecule has 3 saturated carbocycles. The van der Waals surface area contributed by atoms with E-state index >= 15 is 0 Å². The van der Waals surface area contributed by atoms with Crippen molar-refractivity contribution in [3.8, 4) is 0 Å². The molecule has 2 unspecified atom stereocenters. The number of carbonyl (C=O) groups excluding carboxylic acids is 1. The molecule has 1 aliphatic heterocycles. The van der Waals surface area contributed by atoms with Crippen molar-refractivity contribution in [3.63, 3.8) is 0 Å². The van der Waals surface area contributed by atoms with Crippen LogP contribution in [0.2, 0.25) is 0 Å². The number of amides is 1. The van der Waals surface area contributed by atoms with Crippen LogP contribution in [0, 0.1) is 34.0 Å². The molecule has 0 radical (unpaired) electrons. The van der Waals surface area contributed by atoms with Crippen LogP contribution in [0.5, 0.6) is 0 Å². The van der Waals surface area contributed by atoms with E-state index in [0.717, 1.165) is 36.2 Å². The minimum atomic E-state index is -0.469. The molecule has 1 spiro atoms. The molecule has 0 aromatic heterocycles. The molecular weight excluding hydrogens is 454 g/mol. The Bertz CT molecular complexity index is 1070. The molecule has 9 atom stereocenters. The summed E-state index contributed by atoms with van der Waals surface area (Å²) in [4.78, 5) is 18.0. The highest BCUT2D eigenvalue weighted by Gasteiger charge is 2.68. The van der Waals surface area contributed by atoms with Crippen LogP contribution in [0.15, 0.2) is 42.0 Å². The molecule has 202 valence electrons. The molecular formula is C33H49N3O. The Labute approximate surface area is 225 Å². The fourth-order valence-corrected chi connectivity index (χ4v) is 10.6. The van der Waals surface area contributed by atoms with Crippen molar-refractivity contribution in [1.82, 2.24) is 9.80 Å². The Morgan fingerprint density at radius 1 is 1.11 bits per heavy atom. The number of likely N-dealkylation sites (tertiary alicyclic amines) is 1. The summed E-state index contributed by atoms with van der Waals surface area (Å²) in [6, 6.07) is 10.7. The number of hydrogen-bond donors (Lipinski definition) is 1. The fraction of sp³-hybridized carbons (Fsp3) is 0.727. The molecule has 5 aliphatic rings. The predicted molar refractivity (Wildman–Crippen MR) is 151 cm³/mol. The summed E-state index contributed by atoms with van der Waals surface area (Å²) in [7, 11) is 4.37. The average Bonchev–Trinajstić information content (AvgIpc) is 3.29. The van der Waals surface area contributed by atoms with Crippen molar-refractivity contribution >= 4 is 5.91 Å². The molecule has 0 bridgehead atoms. The SMILES string of the molecule is C[C@@H]1N(C)C[C@]23CCC4[C@@H](CC=C5C[C@@H](N(C)C(=O)[C@H](N)Cc6ccccc6)CC[C@@]54C)C2CC[C@]13C. The third-order valence-corrected chi connectivity index (χ3v) is 13.0. The van der Waals surface area contributed by atoms with Gasteiger partial charge in [0.25, 0.3) is 0 Å². The zero-order valence-electron chi connectivity index (χ0n) is 23.9. The maximum atomic E-state index is 13.3. The number of fused-ring (bicyclic) bond motifs is 4. The first kappa shape index (κ1) is 25.6. The first-order chi connectivity index (χ1) is 17.6. The minimum absolute atomic E-state index is 0.0936. The van der Waals surface area contributed by atoms with Crippen molar-refractivity contribution in [2.75, 3.05) is 20.6 Å². The number of rotatable bonds is 4. The molecule has 2 N–H and O–H groups in total. The highest BCUT2D eigenvalue weighted by molar-refractivity contribution is 5.82. The molecule has 37 heavy (non-hydrogen) atoms. The van der Waals surface area contributed by atoms with Crippen LogP contribution >= 0.6 is 0 Å². The third kappa shape index (κ3) is 3.64. The number of benzene rings is 1. The lowest BCUT2D eigenvalue weighted by molar-refractivity contribution is -0.134. The Hall–Kier alpha value is -1.65. The van der Waals surface area contributed by atoms with Gasteiger partial charge in [-0.05, 0) is 111 Å². The van der Waals surface area contributed by atoms with Gasteiger partial charge in [0, 0.05) is 25.7 Å². The smallest absolute Gasteiger partial charge is 0.239 e. The fourth-order valence-electron chi connectivity index (χ4n) is 10.6. The lowest BCUT2D eigenvalue weighted by Crippen LogP contribution is -2.55. The number of hydrogen-bond acceptors (Lipinski definition) is 3. The Kier molecular flexibility index (Phi) is 6.19. The van der Waals surface area contributed by atoms with E-state index in [1.54, 1.807) is 5.57 Å². The van der Waals surface area contributed by atoms with E-state index < -0.39 is 6.04 Å². The molecule has 1 aromatic rings. The van der Waals surface area contributed by atoms with Crippen LogP contribution in [0.4, 0.5) is 0 Å². The predicted octanol–water partition coefficient (Wildman–Crippen LogP) is 5.67. The normalized spacial score (nSPS) is 43.7. The van der Waals surface area contributed by atoms with Gasteiger partial charge in [0.15, 0.2) is 0 Å². The number of nitrogens with two attached hydrogens (primary N) is 1. The second-order valence-corrected chi connectivity index (χ2v) is 14.1. The quantitative estimate of drug-likeness (QED) is 0.539. The first-order valence-corrected chi connectivity index (χ1v) is 15.1. The minimum Gasteiger partial charge on any atom is -0.341 e. The summed E-state index contributed by atoms with van der Waals surface area (Å²) >= 11 is 0. The van der Waals surface area contributed by atoms with E-state index in [0.29, 0.717) is 28.7 Å². The molecule has 4 aliphatic carbocycles. The summed E-state index contributed by atoms with van der Waals surface area (Å²) in [6.07, 6.45) is 13.5. The third-order valence-electron chi connectivity index (χ3n) is 13.0. The molecule has 1 saturated heterocycles. The maximum absolute atomic E-state index is 13.3. The standard InChI is InChI=1S/C33H49N3O/c1-22-32(3)17-14-28-26-12-11-24-20-25(36(5)30(37)29(34)19-23-9-7-6-8-10-23)13-16-31(24,2)27(26)15-18-33(28,32)21-35(22)4/h6-11,22,25-29H,12-21,34H2,1-5H3/t22-,25-,26+,27?,28?,29+,31-,32+,33+/m0/s1. The lowest BCUT2D eigenvalue weighted by Gasteiger charge is -2.59. The van der Waals surface area contributed by atoms with E-state index in [1.807, 2.05) is 30.1 Å². The van der Waals surface area contributed by atoms with Gasteiger partial charge in [-0.2, -0.15) is 0 Å². The van der Waals surface area contributed by atoms with E-state index in [9.17, 15) is 4.79 Å². The molecule has 1 heterocycles. The van der Waals surface area contributed by atoms with Crippen LogP contribution in [0.1, 0.15) is 77.7 Å². The topological polar surface area (TPSA) is 49.6 Å². The first-order valence-electron chi connectivity index (χ1n) is 15.1. The van der Waals surface area contributed by atoms with Crippen molar-refractivity contribution in [3.05, 3.63) is 47.5 Å². The average molecular weight is 504 g/mol. The van der Waals surface area contributed by atoms with Crippen molar-refractivity contribution in [1.29, 1.82) is 0 Å². The second kappa shape index (κ2) is 8.95. The van der Waals surface area contributed by atoms with Crippen LogP contribution in [-0.4, -0.2) is 54.5 Å². The van der Waals surface area contributed by atoms with Gasteiger partial charge in [0.2, 0.25) is 5.91 Å². The van der Waals surface area contributed by atoms with Gasteiger partial charge >= 0.3 is 0 Å². The van der Waals surface area contributed by atoms with Crippen LogP contribution in [-0.2, 0) is 11.2 Å². The van der Waals surface area contributed by atoms with Gasteiger partial charge in [-0.15, -0.1) is 0 Å². The summed E-state index contributed by atoms with van der Waals surface area (Å²) in [6.45, 7) is 9.02. The van der Waals surface area contributed by atoms with Crippen molar-refractivity contribution in [2.24, 2.45) is 39.7 Å². The van der Waals surface area contributed by atoms with Gasteiger partial charge in [-0.3, -0.25) is 4.79 Å². The Morgan fingerprint density at radius 2 is 1.84 bits per heavy atom. The van der Waals surface area contributed by atoms with E-state index in [4.69, 9.17) is 5.73 Å². The van der Waals surface area contributed by atoms with Crippen LogP contribution in [0.25, 0.3) is 0 Å². The van der Waals surface area contributed by atoms with E-state index in [1.165, 1.54) is 45.1 Å². The second-order valence-electron chi connectivity index (χ2n) is 14.1. The summed E-state index contributed by atoms with van der Waals surface area (Å²) in [5.74, 6) is 2.64.